The van der Waals surface area contributed by atoms with Gasteiger partial charge in [-0.05, 0) is 13.0 Å². The number of nitrogens with one attached hydrogen (secondary N) is 2. The summed E-state index contributed by atoms with van der Waals surface area (Å²) in [6.45, 7) is 1.80. The molecule has 1 unspecified atom stereocenters. The Hall–Kier alpha value is -3.19. The van der Waals surface area contributed by atoms with Crippen molar-refractivity contribution in [1.29, 1.82) is 0 Å². The van der Waals surface area contributed by atoms with Crippen LogP contribution in [0.1, 0.15) is 18.9 Å². The van der Waals surface area contributed by atoms with Gasteiger partial charge in [0.1, 0.15) is 12.3 Å². The number of urea groups is 1. The topological polar surface area (TPSA) is 140 Å². The van der Waals surface area contributed by atoms with Crippen molar-refractivity contribution in [1.82, 2.24) is 20.4 Å². The SMILES string of the molecule is CCOC(=O)CSc1nnc(NC(=O)CN2C(=O)NC3(CCOc4ccccc43)C2=O)s1. The third-order valence-corrected chi connectivity index (χ3v) is 6.78. The molecule has 3 heterocycles. The number of imide groups is 1. The van der Waals surface area contributed by atoms with Crippen molar-refractivity contribution in [3.63, 3.8) is 0 Å². The number of amides is 4. The number of anilines is 1. The highest BCUT2D eigenvalue weighted by atomic mass is 32.2. The minimum absolute atomic E-state index is 0.0755. The van der Waals surface area contributed by atoms with E-state index in [1.165, 1.54) is 0 Å². The van der Waals surface area contributed by atoms with Crippen molar-refractivity contribution >= 4 is 52.0 Å². The van der Waals surface area contributed by atoms with E-state index in [2.05, 4.69) is 20.8 Å². The first kappa shape index (κ1) is 22.0. The van der Waals surface area contributed by atoms with E-state index in [-0.39, 0.29) is 29.9 Å². The fourth-order valence-corrected chi connectivity index (χ4v) is 5.03. The van der Waals surface area contributed by atoms with E-state index in [0.29, 0.717) is 22.3 Å². The predicted octanol–water partition coefficient (Wildman–Crippen LogP) is 1.36. The van der Waals surface area contributed by atoms with Crippen molar-refractivity contribution in [2.24, 2.45) is 0 Å². The highest BCUT2D eigenvalue weighted by Gasteiger charge is 2.55. The summed E-state index contributed by atoms with van der Waals surface area (Å²) in [7, 11) is 0. The van der Waals surface area contributed by atoms with Crippen LogP contribution in [0, 0.1) is 0 Å². The van der Waals surface area contributed by atoms with Crippen LogP contribution in [0.3, 0.4) is 0 Å². The number of fused-ring (bicyclic) bond motifs is 2. The number of aromatic nitrogens is 2. The Kier molecular flexibility index (Phi) is 6.28. The number of rotatable bonds is 7. The minimum atomic E-state index is -1.24. The molecule has 32 heavy (non-hydrogen) atoms. The Morgan fingerprint density at radius 1 is 1.34 bits per heavy atom. The molecule has 0 radical (unpaired) electrons. The van der Waals surface area contributed by atoms with E-state index >= 15 is 0 Å². The molecule has 13 heteroatoms. The molecule has 1 aromatic heterocycles. The lowest BCUT2D eigenvalue weighted by Crippen LogP contribution is -2.48. The lowest BCUT2D eigenvalue weighted by atomic mass is 9.84. The number of carbonyl (C=O) groups excluding carboxylic acids is 4. The van der Waals surface area contributed by atoms with E-state index in [0.717, 1.165) is 28.0 Å². The second kappa shape index (κ2) is 9.12. The number of nitrogens with zero attached hydrogens (tertiary/aromatic N) is 3. The van der Waals surface area contributed by atoms with Gasteiger partial charge in [-0.15, -0.1) is 10.2 Å². The van der Waals surface area contributed by atoms with Gasteiger partial charge in [0, 0.05) is 12.0 Å². The van der Waals surface area contributed by atoms with E-state index in [9.17, 15) is 19.2 Å². The van der Waals surface area contributed by atoms with Crippen LogP contribution in [0.2, 0.25) is 0 Å². The first-order valence-electron chi connectivity index (χ1n) is 9.71. The molecule has 1 atom stereocenters. The van der Waals surface area contributed by atoms with E-state index in [1.807, 2.05) is 0 Å². The average Bonchev–Trinajstić information content (AvgIpc) is 3.31. The Balaban J connectivity index is 1.39. The molecule has 0 bridgehead atoms. The highest BCUT2D eigenvalue weighted by Crippen LogP contribution is 2.40. The van der Waals surface area contributed by atoms with Gasteiger partial charge in [-0.3, -0.25) is 24.6 Å². The molecule has 2 N–H and O–H groups in total. The lowest BCUT2D eigenvalue weighted by molar-refractivity contribution is -0.139. The van der Waals surface area contributed by atoms with Crippen LogP contribution in [-0.2, 0) is 24.7 Å². The molecular weight excluding hydrogens is 458 g/mol. The summed E-state index contributed by atoms with van der Waals surface area (Å²) in [6, 6.07) is 6.36. The van der Waals surface area contributed by atoms with Crippen molar-refractivity contribution < 1.29 is 28.7 Å². The molecule has 4 rings (SSSR count). The summed E-state index contributed by atoms with van der Waals surface area (Å²) in [5, 5.41) is 13.2. The van der Waals surface area contributed by atoms with E-state index in [4.69, 9.17) is 9.47 Å². The molecule has 1 spiro atoms. The standard InChI is InChI=1S/C19H19N5O6S2/c1-2-29-14(26)10-31-18-23-22-16(32-18)20-13(25)9-24-15(27)19(21-17(24)28)7-8-30-12-6-4-3-5-11(12)19/h3-6H,2,7-10H2,1H3,(H,21,28)(H,20,22,25). The van der Waals surface area contributed by atoms with Gasteiger partial charge in [0.25, 0.3) is 5.91 Å². The monoisotopic (exact) mass is 477 g/mol. The van der Waals surface area contributed by atoms with Crippen molar-refractivity contribution in [2.45, 2.75) is 23.2 Å². The molecule has 0 saturated carbocycles. The minimum Gasteiger partial charge on any atom is -0.493 e. The smallest absolute Gasteiger partial charge is 0.325 e. The van der Waals surface area contributed by atoms with E-state index in [1.54, 1.807) is 31.2 Å². The quantitative estimate of drug-likeness (QED) is 0.262. The van der Waals surface area contributed by atoms with Gasteiger partial charge < -0.3 is 14.8 Å². The molecule has 2 aliphatic heterocycles. The Morgan fingerprint density at radius 3 is 2.97 bits per heavy atom. The predicted molar refractivity (Wildman–Crippen MR) is 114 cm³/mol. The van der Waals surface area contributed by atoms with Crippen LogP contribution < -0.4 is 15.4 Å². The van der Waals surface area contributed by atoms with Crippen molar-refractivity contribution in [3.8, 4) is 5.75 Å². The Labute approximate surface area is 190 Å². The zero-order valence-corrected chi connectivity index (χ0v) is 18.6. The van der Waals surface area contributed by atoms with Crippen molar-refractivity contribution in [3.05, 3.63) is 29.8 Å². The van der Waals surface area contributed by atoms with Gasteiger partial charge in [0.15, 0.2) is 9.88 Å². The maximum atomic E-state index is 13.2. The second-order valence-electron chi connectivity index (χ2n) is 6.84. The van der Waals surface area contributed by atoms with Crippen LogP contribution >= 0.6 is 23.1 Å². The largest absolute Gasteiger partial charge is 0.493 e. The van der Waals surface area contributed by atoms with Gasteiger partial charge in [-0.1, -0.05) is 41.3 Å². The fraction of sp³-hybridized carbons (Fsp3) is 0.368. The van der Waals surface area contributed by atoms with Crippen LogP contribution in [0.4, 0.5) is 9.93 Å². The second-order valence-corrected chi connectivity index (χ2v) is 9.04. The number of benzene rings is 1. The molecule has 4 amide bonds. The number of esters is 1. The first-order valence-corrected chi connectivity index (χ1v) is 11.5. The molecule has 1 saturated heterocycles. The summed E-state index contributed by atoms with van der Waals surface area (Å²) in [4.78, 5) is 50.5. The molecule has 0 aliphatic carbocycles. The normalized spacial score (nSPS) is 19.3. The fourth-order valence-electron chi connectivity index (χ4n) is 3.46. The van der Waals surface area contributed by atoms with Gasteiger partial charge in [-0.25, -0.2) is 4.79 Å². The molecule has 1 fully saturated rings. The molecule has 11 nitrogen and oxygen atoms in total. The molecular formula is C19H19N5O6S2. The summed E-state index contributed by atoms with van der Waals surface area (Å²) in [6.07, 6.45) is 0.268. The molecule has 168 valence electrons. The van der Waals surface area contributed by atoms with Crippen LogP contribution in [-0.4, -0.2) is 64.4 Å². The molecule has 2 aromatic rings. The summed E-state index contributed by atoms with van der Waals surface area (Å²) >= 11 is 2.21. The third-order valence-electron chi connectivity index (χ3n) is 4.83. The van der Waals surface area contributed by atoms with Gasteiger partial charge in [0.05, 0.1) is 19.0 Å². The molecule has 2 aliphatic rings. The Bertz CT molecular complexity index is 1080. The Morgan fingerprint density at radius 2 is 2.16 bits per heavy atom. The van der Waals surface area contributed by atoms with Crippen LogP contribution in [0.5, 0.6) is 5.75 Å². The number of hydrogen-bond acceptors (Lipinski definition) is 10. The van der Waals surface area contributed by atoms with Gasteiger partial charge in [-0.2, -0.15) is 0 Å². The summed E-state index contributed by atoms with van der Waals surface area (Å²) < 4.78 is 10.9. The maximum absolute atomic E-state index is 13.2. The highest BCUT2D eigenvalue weighted by molar-refractivity contribution is 8.01. The first-order chi connectivity index (χ1) is 15.4. The van der Waals surface area contributed by atoms with Crippen LogP contribution in [0.25, 0.3) is 0 Å². The number of para-hydroxylation sites is 1. The summed E-state index contributed by atoms with van der Waals surface area (Å²) in [5.41, 5.74) is -0.675. The number of ether oxygens (including phenoxy) is 2. The maximum Gasteiger partial charge on any atom is 0.325 e. The van der Waals surface area contributed by atoms with E-state index < -0.39 is 29.9 Å². The van der Waals surface area contributed by atoms with Crippen LogP contribution in [0.15, 0.2) is 28.6 Å². The number of hydrogen-bond donors (Lipinski definition) is 2. The third kappa shape index (κ3) is 4.25. The zero-order valence-electron chi connectivity index (χ0n) is 17.0. The van der Waals surface area contributed by atoms with Gasteiger partial charge in [0.2, 0.25) is 11.0 Å². The lowest BCUT2D eigenvalue weighted by Gasteiger charge is -2.33. The number of thioether (sulfide) groups is 1. The van der Waals surface area contributed by atoms with Gasteiger partial charge >= 0.3 is 12.0 Å². The molecule has 1 aromatic carbocycles. The summed E-state index contributed by atoms with van der Waals surface area (Å²) in [5.74, 6) is -0.868. The zero-order chi connectivity index (χ0) is 22.7. The number of carbonyl (C=O) groups is 4. The van der Waals surface area contributed by atoms with Crippen molar-refractivity contribution in [2.75, 3.05) is 30.8 Å². The average molecular weight is 478 g/mol.